The summed E-state index contributed by atoms with van der Waals surface area (Å²) in [6.07, 6.45) is 2.92. The third kappa shape index (κ3) is 2.17. The van der Waals surface area contributed by atoms with Crippen LogP contribution in [-0.4, -0.2) is 16.7 Å². The molecular weight excluding hydrogens is 248 g/mol. The molecule has 5 heteroatoms. The first kappa shape index (κ1) is 12.0. The maximum Gasteiger partial charge on any atom is 0.160 e. The molecule has 0 aliphatic heterocycles. The molecule has 90 valence electrons. The fourth-order valence-corrected chi connectivity index (χ4v) is 1.94. The largest absolute Gasteiger partial charge is 0.347 e. The molecule has 17 heavy (non-hydrogen) atoms. The van der Waals surface area contributed by atoms with Crippen LogP contribution in [0.1, 0.15) is 16.8 Å². The van der Waals surface area contributed by atoms with Crippen molar-refractivity contribution in [1.29, 1.82) is 0 Å². The molecule has 0 aliphatic rings. The van der Waals surface area contributed by atoms with E-state index >= 15 is 0 Å². The number of alkyl halides is 1. The Balaban J connectivity index is 2.60. The Morgan fingerprint density at radius 1 is 1.29 bits per heavy atom. The van der Waals surface area contributed by atoms with E-state index in [1.165, 1.54) is 0 Å². The van der Waals surface area contributed by atoms with Crippen LogP contribution in [0.2, 0.25) is 0 Å². The highest BCUT2D eigenvalue weighted by Crippen LogP contribution is 2.23. The molecule has 0 fully saturated rings. The van der Waals surface area contributed by atoms with Crippen molar-refractivity contribution in [3.8, 4) is 0 Å². The van der Waals surface area contributed by atoms with Crippen molar-refractivity contribution < 1.29 is 13.6 Å². The number of carbonyl (C=O) groups is 1. The maximum atomic E-state index is 13.2. The molecule has 0 saturated carbocycles. The zero-order valence-electron chi connectivity index (χ0n) is 8.92. The van der Waals surface area contributed by atoms with Crippen LogP contribution in [0.15, 0.2) is 18.3 Å². The fraction of sp³-hybridized carbons (Fsp3) is 0.250. The number of fused-ring (bicyclic) bond motifs is 1. The van der Waals surface area contributed by atoms with Gasteiger partial charge in [0.15, 0.2) is 17.9 Å². The first-order valence-corrected chi connectivity index (χ1v) is 5.70. The maximum absolute atomic E-state index is 13.2. The van der Waals surface area contributed by atoms with Gasteiger partial charge in [-0.05, 0) is 12.5 Å². The number of aromatic nitrogens is 1. The van der Waals surface area contributed by atoms with Gasteiger partial charge in [-0.1, -0.05) is 0 Å². The standard InChI is InChI=1S/C12H10ClF2NO/c13-2-1-3-16-6-8(7-17)9-4-10(14)11(15)5-12(9)16/h4-7H,1-3H2. The molecule has 1 aromatic heterocycles. The number of nitrogens with zero attached hydrogens (tertiary/aromatic N) is 1. The van der Waals surface area contributed by atoms with Gasteiger partial charge in [0.05, 0.1) is 5.52 Å². The molecule has 1 heterocycles. The summed E-state index contributed by atoms with van der Waals surface area (Å²) in [5, 5.41) is 0.425. The average molecular weight is 258 g/mol. The first-order chi connectivity index (χ1) is 8.17. The highest BCUT2D eigenvalue weighted by Gasteiger charge is 2.12. The number of hydrogen-bond acceptors (Lipinski definition) is 1. The Kier molecular flexibility index (Phi) is 3.43. The second kappa shape index (κ2) is 4.84. The van der Waals surface area contributed by atoms with E-state index in [2.05, 4.69) is 0 Å². The van der Waals surface area contributed by atoms with Crippen LogP contribution in [0.4, 0.5) is 8.78 Å². The van der Waals surface area contributed by atoms with Crippen LogP contribution in [0.5, 0.6) is 0 Å². The molecule has 0 spiro atoms. The molecule has 0 atom stereocenters. The molecular formula is C12H10ClF2NO. The minimum Gasteiger partial charge on any atom is -0.347 e. The lowest BCUT2D eigenvalue weighted by Crippen LogP contribution is -1.97. The lowest BCUT2D eigenvalue weighted by Gasteiger charge is -2.03. The molecule has 2 rings (SSSR count). The summed E-state index contributed by atoms with van der Waals surface area (Å²) >= 11 is 5.58. The van der Waals surface area contributed by atoms with Crippen LogP contribution in [0.3, 0.4) is 0 Å². The number of halogens is 3. The normalized spacial score (nSPS) is 11.0. The van der Waals surface area contributed by atoms with Crippen molar-refractivity contribution in [3.05, 3.63) is 35.5 Å². The Hall–Kier alpha value is -1.42. The summed E-state index contributed by atoms with van der Waals surface area (Å²) in [4.78, 5) is 10.8. The summed E-state index contributed by atoms with van der Waals surface area (Å²) < 4.78 is 28.0. The van der Waals surface area contributed by atoms with E-state index in [0.717, 1.165) is 12.1 Å². The second-order valence-corrected chi connectivity index (χ2v) is 4.10. The zero-order valence-corrected chi connectivity index (χ0v) is 9.68. The van der Waals surface area contributed by atoms with Crippen LogP contribution in [0, 0.1) is 11.6 Å². The summed E-state index contributed by atoms with van der Waals surface area (Å²) in [5.41, 5.74) is 0.865. The number of aryl methyl sites for hydroxylation is 1. The molecule has 0 radical (unpaired) electrons. The zero-order chi connectivity index (χ0) is 12.4. The second-order valence-electron chi connectivity index (χ2n) is 3.72. The third-order valence-corrected chi connectivity index (χ3v) is 2.88. The van der Waals surface area contributed by atoms with Gasteiger partial charge in [-0.2, -0.15) is 0 Å². The molecule has 0 N–H and O–H groups in total. The minimum absolute atomic E-state index is 0.355. The van der Waals surface area contributed by atoms with Crippen molar-refractivity contribution in [3.63, 3.8) is 0 Å². The van der Waals surface area contributed by atoms with E-state index in [0.29, 0.717) is 41.6 Å². The lowest BCUT2D eigenvalue weighted by atomic mass is 10.2. The predicted molar refractivity (Wildman–Crippen MR) is 62.6 cm³/mol. The average Bonchev–Trinajstić information content (AvgIpc) is 2.65. The Morgan fingerprint density at radius 3 is 2.65 bits per heavy atom. The van der Waals surface area contributed by atoms with Crippen LogP contribution in [0.25, 0.3) is 10.9 Å². The van der Waals surface area contributed by atoms with E-state index in [9.17, 15) is 13.6 Å². The number of carbonyl (C=O) groups excluding carboxylic acids is 1. The van der Waals surface area contributed by atoms with E-state index in [4.69, 9.17) is 11.6 Å². The van der Waals surface area contributed by atoms with E-state index in [-0.39, 0.29) is 0 Å². The van der Waals surface area contributed by atoms with Crippen molar-refractivity contribution >= 4 is 28.8 Å². The Bertz CT molecular complexity index is 565. The van der Waals surface area contributed by atoms with Gasteiger partial charge in [0.25, 0.3) is 0 Å². The number of aldehydes is 1. The van der Waals surface area contributed by atoms with Crippen LogP contribution >= 0.6 is 11.6 Å². The first-order valence-electron chi connectivity index (χ1n) is 5.16. The number of hydrogen-bond donors (Lipinski definition) is 0. The summed E-state index contributed by atoms with van der Waals surface area (Å²) in [6.45, 7) is 0.568. The van der Waals surface area contributed by atoms with Crippen molar-refractivity contribution in [2.75, 3.05) is 5.88 Å². The van der Waals surface area contributed by atoms with Crippen molar-refractivity contribution in [2.45, 2.75) is 13.0 Å². The Labute approximate surface area is 102 Å². The summed E-state index contributed by atoms with van der Waals surface area (Å²) in [5.74, 6) is -1.39. The van der Waals surface area contributed by atoms with Crippen LogP contribution in [-0.2, 0) is 6.54 Å². The predicted octanol–water partition coefficient (Wildman–Crippen LogP) is 3.36. The van der Waals surface area contributed by atoms with Gasteiger partial charge < -0.3 is 4.57 Å². The van der Waals surface area contributed by atoms with Gasteiger partial charge in [-0.3, -0.25) is 4.79 Å². The van der Waals surface area contributed by atoms with Gasteiger partial charge in [-0.15, -0.1) is 11.6 Å². The summed E-state index contributed by atoms with van der Waals surface area (Å²) in [6, 6.07) is 2.15. The lowest BCUT2D eigenvalue weighted by molar-refractivity contribution is 0.112. The molecule has 0 bridgehead atoms. The number of rotatable bonds is 4. The third-order valence-electron chi connectivity index (χ3n) is 2.61. The molecule has 0 saturated heterocycles. The van der Waals surface area contributed by atoms with Crippen molar-refractivity contribution in [1.82, 2.24) is 4.57 Å². The Morgan fingerprint density at radius 2 is 2.00 bits per heavy atom. The van der Waals surface area contributed by atoms with Gasteiger partial charge in [0.1, 0.15) is 0 Å². The molecule has 1 aromatic carbocycles. The van der Waals surface area contributed by atoms with E-state index < -0.39 is 11.6 Å². The highest BCUT2D eigenvalue weighted by molar-refractivity contribution is 6.17. The van der Waals surface area contributed by atoms with E-state index in [1.807, 2.05) is 0 Å². The minimum atomic E-state index is -0.948. The molecule has 2 nitrogen and oxygen atoms in total. The fourth-order valence-electron chi connectivity index (χ4n) is 1.82. The van der Waals surface area contributed by atoms with Gasteiger partial charge >= 0.3 is 0 Å². The van der Waals surface area contributed by atoms with Gasteiger partial charge in [0.2, 0.25) is 0 Å². The molecule has 0 unspecified atom stereocenters. The molecule has 0 aliphatic carbocycles. The quantitative estimate of drug-likeness (QED) is 0.608. The highest BCUT2D eigenvalue weighted by atomic mass is 35.5. The smallest absolute Gasteiger partial charge is 0.160 e. The monoisotopic (exact) mass is 257 g/mol. The SMILES string of the molecule is O=Cc1cn(CCCCl)c2cc(F)c(F)cc12. The molecule has 0 amide bonds. The van der Waals surface area contributed by atoms with Gasteiger partial charge in [0, 0.05) is 35.6 Å². The van der Waals surface area contributed by atoms with Gasteiger partial charge in [-0.25, -0.2) is 8.78 Å². The molecule has 2 aromatic rings. The topological polar surface area (TPSA) is 22.0 Å². The number of benzene rings is 1. The van der Waals surface area contributed by atoms with Crippen LogP contribution < -0.4 is 0 Å². The summed E-state index contributed by atoms with van der Waals surface area (Å²) in [7, 11) is 0. The van der Waals surface area contributed by atoms with Crippen molar-refractivity contribution in [2.24, 2.45) is 0 Å². The van der Waals surface area contributed by atoms with E-state index in [1.54, 1.807) is 10.8 Å².